The van der Waals surface area contributed by atoms with Crippen LogP contribution in [-0.4, -0.2) is 36.7 Å². The summed E-state index contributed by atoms with van der Waals surface area (Å²) in [5.41, 5.74) is 2.75. The van der Waals surface area contributed by atoms with Gasteiger partial charge in [-0.25, -0.2) is 0 Å². The number of hydrogen-bond acceptors (Lipinski definition) is 2. The summed E-state index contributed by atoms with van der Waals surface area (Å²) in [7, 11) is 0. The highest BCUT2D eigenvalue weighted by molar-refractivity contribution is 6.21. The van der Waals surface area contributed by atoms with Crippen LogP contribution >= 0.6 is 11.6 Å². The Hall–Kier alpha value is -0.570. The predicted octanol–water partition coefficient (Wildman–Crippen LogP) is 4.37. The molecule has 1 aromatic carbocycles. The molecule has 0 radical (unpaired) electrons. The minimum absolute atomic E-state index is 0.0384. The molecule has 3 heteroatoms. The second kappa shape index (κ2) is 6.68. The lowest BCUT2D eigenvalue weighted by atomic mass is 9.86. The van der Waals surface area contributed by atoms with Crippen LogP contribution in [0.5, 0.6) is 0 Å². The van der Waals surface area contributed by atoms with Crippen LogP contribution < -0.4 is 0 Å². The van der Waals surface area contributed by atoms with E-state index in [1.54, 1.807) is 0 Å². The van der Waals surface area contributed by atoms with Gasteiger partial charge in [0.15, 0.2) is 0 Å². The Balaban J connectivity index is 1.98. The van der Waals surface area contributed by atoms with Crippen molar-refractivity contribution in [3.63, 3.8) is 0 Å². The maximum Gasteiger partial charge on any atom is 0.0712 e. The molecule has 0 bridgehead atoms. The van der Waals surface area contributed by atoms with Gasteiger partial charge in [-0.3, -0.25) is 4.90 Å². The fraction of sp³-hybridized carbons (Fsp3) is 0.667. The van der Waals surface area contributed by atoms with Gasteiger partial charge in [-0.15, -0.1) is 11.6 Å². The predicted molar refractivity (Wildman–Crippen MR) is 90.2 cm³/mol. The second-order valence-electron chi connectivity index (χ2n) is 7.32. The van der Waals surface area contributed by atoms with E-state index in [4.69, 9.17) is 16.3 Å². The third-order valence-electron chi connectivity index (χ3n) is 4.05. The van der Waals surface area contributed by atoms with Crippen molar-refractivity contribution in [2.75, 3.05) is 19.6 Å². The van der Waals surface area contributed by atoms with E-state index < -0.39 is 0 Å². The third kappa shape index (κ3) is 4.70. The molecule has 1 heterocycles. The van der Waals surface area contributed by atoms with Gasteiger partial charge in [0.1, 0.15) is 0 Å². The van der Waals surface area contributed by atoms with Gasteiger partial charge >= 0.3 is 0 Å². The van der Waals surface area contributed by atoms with Crippen molar-refractivity contribution in [2.24, 2.45) is 0 Å². The number of alkyl halides is 1. The average Bonchev–Trinajstić information content (AvgIpc) is 2.36. The first-order valence-electron chi connectivity index (χ1n) is 7.88. The van der Waals surface area contributed by atoms with Gasteiger partial charge < -0.3 is 4.74 Å². The molecule has 1 fully saturated rings. The van der Waals surface area contributed by atoms with Crippen molar-refractivity contribution in [3.05, 3.63) is 35.4 Å². The van der Waals surface area contributed by atoms with E-state index in [0.717, 1.165) is 19.6 Å². The Morgan fingerprint density at radius 2 is 1.67 bits per heavy atom. The number of benzene rings is 1. The van der Waals surface area contributed by atoms with Crippen LogP contribution in [0.15, 0.2) is 24.3 Å². The molecule has 21 heavy (non-hydrogen) atoms. The van der Waals surface area contributed by atoms with Crippen molar-refractivity contribution >= 4 is 11.6 Å². The van der Waals surface area contributed by atoms with Crippen molar-refractivity contribution < 1.29 is 4.74 Å². The lowest BCUT2D eigenvalue weighted by Gasteiger charge is -2.36. The summed E-state index contributed by atoms with van der Waals surface area (Å²) in [6, 6.07) is 8.75. The van der Waals surface area contributed by atoms with Crippen LogP contribution in [0.25, 0.3) is 0 Å². The molecule has 0 amide bonds. The SMILES string of the molecule is CC1CN(CC(Cl)c2ccc(C(C)(C)C)cc2)CC(C)O1. The number of nitrogens with zero attached hydrogens (tertiary/aromatic N) is 1. The monoisotopic (exact) mass is 309 g/mol. The van der Waals surface area contributed by atoms with E-state index >= 15 is 0 Å². The summed E-state index contributed by atoms with van der Waals surface area (Å²) in [5.74, 6) is 0. The molecule has 3 atom stereocenters. The van der Waals surface area contributed by atoms with Crippen molar-refractivity contribution in [2.45, 2.75) is 57.6 Å². The van der Waals surface area contributed by atoms with E-state index in [9.17, 15) is 0 Å². The first kappa shape index (κ1) is 16.8. The Bertz CT molecular complexity index is 441. The topological polar surface area (TPSA) is 12.5 Å². The lowest BCUT2D eigenvalue weighted by Crippen LogP contribution is -2.46. The minimum atomic E-state index is 0.0384. The Morgan fingerprint density at radius 1 is 1.14 bits per heavy atom. The highest BCUT2D eigenvalue weighted by atomic mass is 35.5. The normalized spacial score (nSPS) is 25.8. The van der Waals surface area contributed by atoms with E-state index in [0.29, 0.717) is 12.2 Å². The first-order valence-corrected chi connectivity index (χ1v) is 8.31. The molecule has 2 nitrogen and oxygen atoms in total. The van der Waals surface area contributed by atoms with Crippen molar-refractivity contribution in [1.82, 2.24) is 4.90 Å². The number of halogens is 1. The lowest BCUT2D eigenvalue weighted by molar-refractivity contribution is -0.0678. The summed E-state index contributed by atoms with van der Waals surface area (Å²) in [5, 5.41) is 0.0384. The summed E-state index contributed by atoms with van der Waals surface area (Å²) in [4.78, 5) is 2.41. The molecule has 118 valence electrons. The van der Waals surface area contributed by atoms with Gasteiger partial charge in [-0.2, -0.15) is 0 Å². The third-order valence-corrected chi connectivity index (χ3v) is 4.44. The smallest absolute Gasteiger partial charge is 0.0712 e. The molecule has 2 rings (SSSR count). The Kier molecular flexibility index (Phi) is 5.34. The summed E-state index contributed by atoms with van der Waals surface area (Å²) < 4.78 is 5.77. The Labute approximate surface area is 134 Å². The van der Waals surface area contributed by atoms with Crippen molar-refractivity contribution in [3.8, 4) is 0 Å². The molecule has 1 aliphatic rings. The maximum atomic E-state index is 6.62. The zero-order valence-corrected chi connectivity index (χ0v) is 14.7. The van der Waals surface area contributed by atoms with E-state index in [1.165, 1.54) is 11.1 Å². The van der Waals surface area contributed by atoms with Crippen LogP contribution in [0.2, 0.25) is 0 Å². The molecule has 1 aromatic rings. The van der Waals surface area contributed by atoms with Gasteiger partial charge in [-0.1, -0.05) is 45.0 Å². The molecule has 0 saturated carbocycles. The molecule has 0 aromatic heterocycles. The quantitative estimate of drug-likeness (QED) is 0.769. The maximum absolute atomic E-state index is 6.62. The summed E-state index contributed by atoms with van der Waals surface area (Å²) >= 11 is 6.62. The fourth-order valence-corrected chi connectivity index (χ4v) is 3.30. The molecule has 1 saturated heterocycles. The zero-order valence-electron chi connectivity index (χ0n) is 13.9. The van der Waals surface area contributed by atoms with Gasteiger partial charge in [0.25, 0.3) is 0 Å². The van der Waals surface area contributed by atoms with E-state index in [2.05, 4.69) is 63.8 Å². The fourth-order valence-electron chi connectivity index (χ4n) is 2.96. The first-order chi connectivity index (χ1) is 9.75. The standard InChI is InChI=1S/C18H28ClNO/c1-13-10-20(11-14(2)21-13)12-17(19)15-6-8-16(9-7-15)18(3,4)5/h6-9,13-14,17H,10-12H2,1-5H3. The van der Waals surface area contributed by atoms with Gasteiger partial charge in [0, 0.05) is 19.6 Å². The molecule has 1 aliphatic heterocycles. The number of hydrogen-bond donors (Lipinski definition) is 0. The van der Waals surface area contributed by atoms with E-state index in [-0.39, 0.29) is 10.8 Å². The number of rotatable bonds is 3. The van der Waals surface area contributed by atoms with Crippen molar-refractivity contribution in [1.29, 1.82) is 0 Å². The number of morpholine rings is 1. The summed E-state index contributed by atoms with van der Waals surface area (Å²) in [6.45, 7) is 13.8. The molecule has 0 spiro atoms. The highest BCUT2D eigenvalue weighted by Gasteiger charge is 2.24. The largest absolute Gasteiger partial charge is 0.373 e. The molecular weight excluding hydrogens is 282 g/mol. The molecule has 0 N–H and O–H groups in total. The van der Waals surface area contributed by atoms with Crippen LogP contribution in [0.3, 0.4) is 0 Å². The Morgan fingerprint density at radius 3 is 2.14 bits per heavy atom. The van der Waals surface area contributed by atoms with E-state index in [1.807, 2.05) is 0 Å². The van der Waals surface area contributed by atoms with Gasteiger partial charge in [0.2, 0.25) is 0 Å². The van der Waals surface area contributed by atoms with Crippen LogP contribution in [0.1, 0.15) is 51.1 Å². The molecule has 3 unspecified atom stereocenters. The van der Waals surface area contributed by atoms with Gasteiger partial charge in [0.05, 0.1) is 17.6 Å². The van der Waals surface area contributed by atoms with Gasteiger partial charge in [-0.05, 0) is 30.4 Å². The van der Waals surface area contributed by atoms with Crippen LogP contribution in [-0.2, 0) is 10.2 Å². The summed E-state index contributed by atoms with van der Waals surface area (Å²) in [6.07, 6.45) is 0.585. The highest BCUT2D eigenvalue weighted by Crippen LogP contribution is 2.27. The van der Waals surface area contributed by atoms with Crippen LogP contribution in [0.4, 0.5) is 0 Å². The zero-order chi connectivity index (χ0) is 15.6. The average molecular weight is 310 g/mol. The number of ether oxygens (including phenoxy) is 1. The molecule has 0 aliphatic carbocycles. The minimum Gasteiger partial charge on any atom is -0.373 e. The second-order valence-corrected chi connectivity index (χ2v) is 7.84. The molecular formula is C18H28ClNO. The van der Waals surface area contributed by atoms with Crippen LogP contribution in [0, 0.1) is 0 Å².